The van der Waals surface area contributed by atoms with Gasteiger partial charge in [0.2, 0.25) is 0 Å². The van der Waals surface area contributed by atoms with E-state index in [0.29, 0.717) is 6.16 Å². The van der Waals surface area contributed by atoms with Crippen LogP contribution in [0.25, 0.3) is 0 Å². The van der Waals surface area contributed by atoms with Gasteiger partial charge in [0, 0.05) is 18.5 Å². The molecule has 1 rings (SSSR count). The van der Waals surface area contributed by atoms with E-state index in [9.17, 15) is 4.57 Å². The van der Waals surface area contributed by atoms with E-state index in [-0.39, 0.29) is 6.10 Å². The second-order valence-corrected chi connectivity index (χ2v) is 9.97. The summed E-state index contributed by atoms with van der Waals surface area (Å²) in [6.07, 6.45) is 5.58. The number of rotatable bonds is 9. The maximum absolute atomic E-state index is 12.6. The predicted molar refractivity (Wildman–Crippen MR) is 81.7 cm³/mol. The maximum atomic E-state index is 12.6. The van der Waals surface area contributed by atoms with Crippen molar-refractivity contribution in [3.63, 3.8) is 0 Å². The fourth-order valence-corrected chi connectivity index (χ4v) is 6.12. The van der Waals surface area contributed by atoms with Gasteiger partial charge in [-0.25, -0.2) is 0 Å². The Bertz CT molecular complexity index is 266. The van der Waals surface area contributed by atoms with E-state index >= 15 is 0 Å². The molecule has 0 radical (unpaired) electrons. The van der Waals surface area contributed by atoms with Crippen LogP contribution in [0.1, 0.15) is 46.5 Å². The molecule has 108 valence electrons. The molecule has 18 heavy (non-hydrogen) atoms. The van der Waals surface area contributed by atoms with E-state index in [1.165, 1.54) is 12.8 Å². The van der Waals surface area contributed by atoms with Crippen LogP contribution in [0.15, 0.2) is 0 Å². The zero-order chi connectivity index (χ0) is 13.4. The van der Waals surface area contributed by atoms with Crippen LogP contribution in [-0.4, -0.2) is 42.6 Å². The van der Waals surface area contributed by atoms with Crippen LogP contribution >= 0.6 is 18.0 Å². The number of hydrogen-bond acceptors (Lipinski definition) is 4. The fourth-order valence-electron chi connectivity index (χ4n) is 2.27. The van der Waals surface area contributed by atoms with Gasteiger partial charge in [-0.3, -0.25) is 4.57 Å². The molecule has 3 nitrogen and oxygen atoms in total. The van der Waals surface area contributed by atoms with Crippen LogP contribution in [0, 0.1) is 0 Å². The molecule has 1 unspecified atom stereocenters. The topological polar surface area (TPSA) is 29.5 Å². The monoisotopic (exact) mass is 293 g/mol. The summed E-state index contributed by atoms with van der Waals surface area (Å²) in [5.74, 6) is 0.916. The minimum atomic E-state index is -2.44. The molecule has 1 fully saturated rings. The highest BCUT2D eigenvalue weighted by Gasteiger charge is 2.28. The van der Waals surface area contributed by atoms with Crippen LogP contribution < -0.4 is 0 Å². The van der Waals surface area contributed by atoms with Crippen molar-refractivity contribution < 1.29 is 9.09 Å². The van der Waals surface area contributed by atoms with Gasteiger partial charge in [0.15, 0.2) is 0 Å². The highest BCUT2D eigenvalue weighted by Crippen LogP contribution is 2.60. The zero-order valence-electron chi connectivity index (χ0n) is 12.1. The average molecular weight is 293 g/mol. The SMILES string of the molecule is CCN(CC)CCSP(=O)(CC)OC1CCCC1. The summed E-state index contributed by atoms with van der Waals surface area (Å²) in [6, 6.07) is 0. The largest absolute Gasteiger partial charge is 0.318 e. The third-order valence-corrected chi connectivity index (χ3v) is 8.50. The van der Waals surface area contributed by atoms with Crippen molar-refractivity contribution in [2.45, 2.75) is 52.6 Å². The lowest BCUT2D eigenvalue weighted by Gasteiger charge is -2.22. The molecule has 0 spiro atoms. The van der Waals surface area contributed by atoms with Crippen molar-refractivity contribution in [1.29, 1.82) is 0 Å². The highest BCUT2D eigenvalue weighted by molar-refractivity contribution is 8.56. The second-order valence-electron chi connectivity index (χ2n) is 4.80. The van der Waals surface area contributed by atoms with Crippen LogP contribution in [0.2, 0.25) is 0 Å². The first-order valence-corrected chi connectivity index (χ1v) is 10.7. The minimum absolute atomic E-state index is 0.261. The van der Waals surface area contributed by atoms with E-state index < -0.39 is 6.57 Å². The Morgan fingerprint density at radius 3 is 2.33 bits per heavy atom. The van der Waals surface area contributed by atoms with E-state index in [4.69, 9.17) is 4.52 Å². The molecule has 0 bridgehead atoms. The van der Waals surface area contributed by atoms with Crippen LogP contribution in [-0.2, 0) is 9.09 Å². The third kappa shape index (κ3) is 5.64. The molecule has 1 aliphatic rings. The summed E-state index contributed by atoms with van der Waals surface area (Å²) in [4.78, 5) is 2.36. The summed E-state index contributed by atoms with van der Waals surface area (Å²) in [6.45, 7) is 7.03. The molecule has 0 heterocycles. The van der Waals surface area contributed by atoms with Gasteiger partial charge in [-0.1, -0.05) is 45.0 Å². The highest BCUT2D eigenvalue weighted by atomic mass is 32.7. The average Bonchev–Trinajstić information content (AvgIpc) is 2.87. The van der Waals surface area contributed by atoms with Crippen molar-refractivity contribution >= 4 is 18.0 Å². The lowest BCUT2D eigenvalue weighted by atomic mass is 10.3. The minimum Gasteiger partial charge on any atom is -0.318 e. The molecule has 1 atom stereocenters. The van der Waals surface area contributed by atoms with Crippen molar-refractivity contribution in [3.8, 4) is 0 Å². The van der Waals surface area contributed by atoms with Gasteiger partial charge in [-0.2, -0.15) is 0 Å². The molecular formula is C13H28NO2PS. The zero-order valence-corrected chi connectivity index (χ0v) is 13.8. The lowest BCUT2D eigenvalue weighted by Crippen LogP contribution is -2.25. The molecule has 0 aromatic rings. The summed E-state index contributed by atoms with van der Waals surface area (Å²) < 4.78 is 18.5. The molecule has 5 heteroatoms. The van der Waals surface area contributed by atoms with Gasteiger partial charge < -0.3 is 9.42 Å². The van der Waals surface area contributed by atoms with Gasteiger partial charge in [-0.05, 0) is 25.9 Å². The molecule has 0 amide bonds. The van der Waals surface area contributed by atoms with Gasteiger partial charge in [-0.15, -0.1) is 0 Å². The molecule has 0 saturated heterocycles. The first-order valence-electron chi connectivity index (χ1n) is 7.27. The Morgan fingerprint density at radius 1 is 1.22 bits per heavy atom. The molecule has 0 N–H and O–H groups in total. The molecule has 0 aromatic carbocycles. The first-order chi connectivity index (χ1) is 8.63. The summed E-state index contributed by atoms with van der Waals surface area (Å²) >= 11 is 1.56. The van der Waals surface area contributed by atoms with Crippen molar-refractivity contribution in [2.24, 2.45) is 0 Å². The second kappa shape index (κ2) is 8.63. The Hall–Kier alpha value is 0.500. The molecular weight excluding hydrogens is 265 g/mol. The van der Waals surface area contributed by atoms with Crippen LogP contribution in [0.3, 0.4) is 0 Å². The van der Waals surface area contributed by atoms with E-state index in [2.05, 4.69) is 18.7 Å². The molecule has 0 aliphatic heterocycles. The van der Waals surface area contributed by atoms with E-state index in [0.717, 1.165) is 38.2 Å². The first kappa shape index (κ1) is 16.6. The Kier molecular flexibility index (Phi) is 7.93. The van der Waals surface area contributed by atoms with Crippen molar-refractivity contribution in [2.75, 3.05) is 31.5 Å². The normalized spacial score (nSPS) is 20.4. The maximum Gasteiger partial charge on any atom is 0.257 e. The summed E-state index contributed by atoms with van der Waals surface area (Å²) in [5, 5.41) is 0. The Balaban J connectivity index is 2.32. The van der Waals surface area contributed by atoms with Crippen molar-refractivity contribution in [1.82, 2.24) is 4.90 Å². The fraction of sp³-hybridized carbons (Fsp3) is 1.00. The smallest absolute Gasteiger partial charge is 0.257 e. The van der Waals surface area contributed by atoms with Gasteiger partial charge in [0.1, 0.15) is 0 Å². The summed E-state index contributed by atoms with van der Waals surface area (Å²) in [7, 11) is 0. The lowest BCUT2D eigenvalue weighted by molar-refractivity contribution is 0.220. The van der Waals surface area contributed by atoms with E-state index in [1.54, 1.807) is 11.4 Å². The number of hydrogen-bond donors (Lipinski definition) is 0. The van der Waals surface area contributed by atoms with E-state index in [1.807, 2.05) is 6.92 Å². The molecule has 0 aromatic heterocycles. The Labute approximate surface area is 116 Å². The van der Waals surface area contributed by atoms with Crippen LogP contribution in [0.5, 0.6) is 0 Å². The number of nitrogens with zero attached hydrogens (tertiary/aromatic N) is 1. The molecule has 1 aliphatic carbocycles. The van der Waals surface area contributed by atoms with Gasteiger partial charge in [0.05, 0.1) is 6.10 Å². The summed E-state index contributed by atoms with van der Waals surface area (Å²) in [5.41, 5.74) is 0. The molecule has 1 saturated carbocycles. The third-order valence-electron chi connectivity index (χ3n) is 3.59. The Morgan fingerprint density at radius 2 is 1.83 bits per heavy atom. The quantitative estimate of drug-likeness (QED) is 0.595. The van der Waals surface area contributed by atoms with Crippen molar-refractivity contribution in [3.05, 3.63) is 0 Å². The van der Waals surface area contributed by atoms with Crippen LogP contribution in [0.4, 0.5) is 0 Å². The van der Waals surface area contributed by atoms with Gasteiger partial charge in [0.25, 0.3) is 6.57 Å². The predicted octanol–water partition coefficient (Wildman–Crippen LogP) is 4.23. The standard InChI is InChI=1S/C13H28NO2PS/c1-4-14(5-2)11-12-18-17(15,6-3)16-13-9-7-8-10-13/h13H,4-12H2,1-3H3. The van der Waals surface area contributed by atoms with Gasteiger partial charge >= 0.3 is 0 Å².